The van der Waals surface area contributed by atoms with Crippen LogP contribution in [0.15, 0.2) is 51.7 Å². The SMILES string of the molecule is CCn1c(COCc2ccccc2)nn(-c2cc(Br)c(C(=O)OC)cc2F)c1=O. The molecule has 0 saturated heterocycles. The molecule has 0 aliphatic rings. The lowest BCUT2D eigenvalue weighted by atomic mass is 10.2. The average Bonchev–Trinajstić information content (AvgIpc) is 3.04. The molecule has 7 nitrogen and oxygen atoms in total. The van der Waals surface area contributed by atoms with E-state index in [1.807, 2.05) is 30.3 Å². The van der Waals surface area contributed by atoms with Crippen LogP contribution in [0, 0.1) is 5.82 Å². The number of hydrogen-bond acceptors (Lipinski definition) is 5. The topological polar surface area (TPSA) is 75.3 Å². The second-order valence-electron chi connectivity index (χ2n) is 6.11. The number of carbonyl (C=O) groups excluding carboxylic acids is 1. The first kappa shape index (κ1) is 20.9. The monoisotopic (exact) mass is 463 g/mol. The number of methoxy groups -OCH3 is 1. The van der Waals surface area contributed by atoms with E-state index in [2.05, 4.69) is 25.8 Å². The van der Waals surface area contributed by atoms with Gasteiger partial charge in [0.1, 0.15) is 18.1 Å². The van der Waals surface area contributed by atoms with Crippen LogP contribution >= 0.6 is 15.9 Å². The van der Waals surface area contributed by atoms with Gasteiger partial charge in [-0.15, -0.1) is 5.10 Å². The van der Waals surface area contributed by atoms with E-state index in [1.54, 1.807) is 6.92 Å². The van der Waals surface area contributed by atoms with Gasteiger partial charge in [-0.05, 0) is 40.5 Å². The van der Waals surface area contributed by atoms with Gasteiger partial charge in [0.25, 0.3) is 0 Å². The molecule has 152 valence electrons. The van der Waals surface area contributed by atoms with Gasteiger partial charge in [0, 0.05) is 11.0 Å². The molecule has 0 N–H and O–H groups in total. The summed E-state index contributed by atoms with van der Waals surface area (Å²) in [6, 6.07) is 11.9. The Morgan fingerprint density at radius 2 is 1.93 bits per heavy atom. The van der Waals surface area contributed by atoms with E-state index in [4.69, 9.17) is 4.74 Å². The molecule has 0 aliphatic carbocycles. The number of benzene rings is 2. The molecule has 0 aliphatic heterocycles. The van der Waals surface area contributed by atoms with E-state index < -0.39 is 17.5 Å². The second-order valence-corrected chi connectivity index (χ2v) is 6.96. The van der Waals surface area contributed by atoms with Crippen molar-refractivity contribution in [1.29, 1.82) is 0 Å². The number of hydrogen-bond donors (Lipinski definition) is 0. The highest BCUT2D eigenvalue weighted by atomic mass is 79.9. The molecule has 0 saturated carbocycles. The molecule has 3 rings (SSSR count). The van der Waals surface area contributed by atoms with Gasteiger partial charge < -0.3 is 9.47 Å². The molecule has 3 aromatic rings. The Morgan fingerprint density at radius 3 is 2.59 bits per heavy atom. The Balaban J connectivity index is 1.90. The van der Waals surface area contributed by atoms with E-state index in [1.165, 1.54) is 17.7 Å². The third kappa shape index (κ3) is 4.46. The quantitative estimate of drug-likeness (QED) is 0.501. The van der Waals surface area contributed by atoms with Crippen LogP contribution in [-0.4, -0.2) is 27.4 Å². The number of aromatic nitrogens is 3. The predicted molar refractivity (Wildman–Crippen MR) is 107 cm³/mol. The smallest absolute Gasteiger partial charge is 0.350 e. The lowest BCUT2D eigenvalue weighted by Gasteiger charge is -2.07. The standard InChI is InChI=1S/C20H19BrFN3O4/c1-3-24-18(12-29-11-13-7-5-4-6-8-13)23-25(20(24)27)17-10-15(21)14(9-16(17)22)19(26)28-2/h4-10H,3,11-12H2,1-2H3. The van der Waals surface area contributed by atoms with Gasteiger partial charge in [-0.2, -0.15) is 4.68 Å². The number of ether oxygens (including phenoxy) is 2. The summed E-state index contributed by atoms with van der Waals surface area (Å²) >= 11 is 3.21. The fraction of sp³-hybridized carbons (Fsp3) is 0.250. The molecule has 0 radical (unpaired) electrons. The molecular formula is C20H19BrFN3O4. The van der Waals surface area contributed by atoms with Crippen molar-refractivity contribution in [1.82, 2.24) is 14.3 Å². The van der Waals surface area contributed by atoms with Crippen molar-refractivity contribution in [3.63, 3.8) is 0 Å². The lowest BCUT2D eigenvalue weighted by molar-refractivity contribution is 0.0599. The Labute approximate surface area is 174 Å². The van der Waals surface area contributed by atoms with Gasteiger partial charge in [-0.1, -0.05) is 30.3 Å². The summed E-state index contributed by atoms with van der Waals surface area (Å²) in [5, 5.41) is 4.24. The minimum Gasteiger partial charge on any atom is -0.465 e. The Kier molecular flexibility index (Phi) is 6.60. The summed E-state index contributed by atoms with van der Waals surface area (Å²) in [4.78, 5) is 24.4. The Hall–Kier alpha value is -2.78. The molecule has 29 heavy (non-hydrogen) atoms. The fourth-order valence-electron chi connectivity index (χ4n) is 2.82. The number of nitrogens with zero attached hydrogens (tertiary/aromatic N) is 3. The van der Waals surface area contributed by atoms with Crippen LogP contribution in [0.1, 0.15) is 28.7 Å². The summed E-state index contributed by atoms with van der Waals surface area (Å²) < 4.78 is 27.6. The highest BCUT2D eigenvalue weighted by molar-refractivity contribution is 9.10. The predicted octanol–water partition coefficient (Wildman–Crippen LogP) is 3.46. The van der Waals surface area contributed by atoms with E-state index in [0.717, 1.165) is 16.3 Å². The number of carbonyl (C=O) groups is 1. The van der Waals surface area contributed by atoms with E-state index >= 15 is 0 Å². The van der Waals surface area contributed by atoms with E-state index in [9.17, 15) is 14.0 Å². The van der Waals surface area contributed by atoms with Gasteiger partial charge in [0.05, 0.1) is 19.3 Å². The molecule has 1 heterocycles. The van der Waals surface area contributed by atoms with Gasteiger partial charge in [0.2, 0.25) is 0 Å². The van der Waals surface area contributed by atoms with Crippen molar-refractivity contribution in [2.45, 2.75) is 26.7 Å². The zero-order chi connectivity index (χ0) is 21.0. The number of halogens is 2. The maximum atomic E-state index is 14.6. The van der Waals surface area contributed by atoms with Crippen molar-refractivity contribution in [3.8, 4) is 5.69 Å². The molecule has 0 atom stereocenters. The highest BCUT2D eigenvalue weighted by Gasteiger charge is 2.20. The molecule has 0 fully saturated rings. The van der Waals surface area contributed by atoms with Crippen molar-refractivity contribution in [2.75, 3.05) is 7.11 Å². The normalized spacial score (nSPS) is 10.9. The number of rotatable bonds is 7. The summed E-state index contributed by atoms with van der Waals surface area (Å²) in [5.74, 6) is -1.09. The Bertz CT molecular complexity index is 1080. The fourth-order valence-corrected chi connectivity index (χ4v) is 3.31. The third-order valence-electron chi connectivity index (χ3n) is 4.27. The maximum absolute atomic E-state index is 14.6. The molecule has 2 aromatic carbocycles. The van der Waals surface area contributed by atoms with Crippen LogP contribution in [0.25, 0.3) is 5.69 Å². The molecular weight excluding hydrogens is 445 g/mol. The minimum absolute atomic E-state index is 0.0168. The summed E-state index contributed by atoms with van der Waals surface area (Å²) in [5.41, 5.74) is 0.433. The number of esters is 1. The molecule has 0 amide bonds. The van der Waals surface area contributed by atoms with Gasteiger partial charge in [0.15, 0.2) is 5.82 Å². The zero-order valence-corrected chi connectivity index (χ0v) is 17.5. The largest absolute Gasteiger partial charge is 0.465 e. The first-order valence-corrected chi connectivity index (χ1v) is 9.63. The summed E-state index contributed by atoms with van der Waals surface area (Å²) in [7, 11) is 1.20. The molecule has 0 bridgehead atoms. The third-order valence-corrected chi connectivity index (χ3v) is 4.92. The van der Waals surface area contributed by atoms with Crippen LogP contribution in [0.4, 0.5) is 4.39 Å². The van der Waals surface area contributed by atoms with E-state index in [-0.39, 0.29) is 17.9 Å². The molecule has 0 spiro atoms. The van der Waals surface area contributed by atoms with Gasteiger partial charge in [-0.3, -0.25) is 4.57 Å². The van der Waals surface area contributed by atoms with Crippen molar-refractivity contribution >= 4 is 21.9 Å². The zero-order valence-electron chi connectivity index (χ0n) is 15.9. The Morgan fingerprint density at radius 1 is 1.21 bits per heavy atom. The van der Waals surface area contributed by atoms with Crippen LogP contribution in [0.5, 0.6) is 0 Å². The first-order chi connectivity index (χ1) is 14.0. The minimum atomic E-state index is -0.770. The maximum Gasteiger partial charge on any atom is 0.350 e. The average molecular weight is 464 g/mol. The highest BCUT2D eigenvalue weighted by Crippen LogP contribution is 2.24. The lowest BCUT2D eigenvalue weighted by Crippen LogP contribution is -2.24. The van der Waals surface area contributed by atoms with Gasteiger partial charge in [-0.25, -0.2) is 14.0 Å². The van der Waals surface area contributed by atoms with Crippen LogP contribution in [0.3, 0.4) is 0 Å². The molecule has 9 heteroatoms. The van der Waals surface area contributed by atoms with Crippen LogP contribution in [0.2, 0.25) is 0 Å². The van der Waals surface area contributed by atoms with Gasteiger partial charge >= 0.3 is 11.7 Å². The van der Waals surface area contributed by atoms with Crippen LogP contribution in [-0.2, 0) is 29.2 Å². The summed E-state index contributed by atoms with van der Waals surface area (Å²) in [6.45, 7) is 2.60. The summed E-state index contributed by atoms with van der Waals surface area (Å²) in [6.07, 6.45) is 0. The first-order valence-electron chi connectivity index (χ1n) is 8.84. The van der Waals surface area contributed by atoms with E-state index in [0.29, 0.717) is 23.4 Å². The van der Waals surface area contributed by atoms with Crippen molar-refractivity contribution < 1.29 is 18.7 Å². The van der Waals surface area contributed by atoms with Crippen LogP contribution < -0.4 is 5.69 Å². The molecule has 0 unspecified atom stereocenters. The van der Waals surface area contributed by atoms with Crippen molar-refractivity contribution in [2.24, 2.45) is 0 Å². The van der Waals surface area contributed by atoms with Crippen molar-refractivity contribution in [3.05, 3.63) is 80.2 Å². The molecule has 1 aromatic heterocycles. The second kappa shape index (κ2) is 9.15.